The Kier molecular flexibility index (Phi) is 5.13. The molecule has 3 heteroatoms. The van der Waals surface area contributed by atoms with Crippen LogP contribution in [0.3, 0.4) is 0 Å². The second-order valence-corrected chi connectivity index (χ2v) is 6.54. The van der Waals surface area contributed by atoms with E-state index in [1.54, 1.807) is 0 Å². The summed E-state index contributed by atoms with van der Waals surface area (Å²) in [7, 11) is 0. The molecule has 2 saturated heterocycles. The third kappa shape index (κ3) is 3.57. The molecule has 3 nitrogen and oxygen atoms in total. The van der Waals surface area contributed by atoms with Crippen molar-refractivity contribution in [3.63, 3.8) is 0 Å². The minimum atomic E-state index is 0.599. The molecule has 0 aromatic carbocycles. The van der Waals surface area contributed by atoms with Crippen LogP contribution in [0.2, 0.25) is 0 Å². The maximum absolute atomic E-state index is 4.77. The van der Waals surface area contributed by atoms with E-state index in [-0.39, 0.29) is 0 Å². The number of nitrogens with zero attached hydrogens (tertiary/aromatic N) is 3. The van der Waals surface area contributed by atoms with Crippen LogP contribution in [-0.4, -0.2) is 36.1 Å². The Hall–Kier alpha value is -1.09. The summed E-state index contributed by atoms with van der Waals surface area (Å²) >= 11 is 0. The van der Waals surface area contributed by atoms with Crippen LogP contribution in [0, 0.1) is 0 Å². The predicted octanol–water partition coefficient (Wildman–Crippen LogP) is 4.01. The number of hydrogen-bond acceptors (Lipinski definition) is 3. The van der Waals surface area contributed by atoms with Crippen molar-refractivity contribution in [1.82, 2.24) is 9.88 Å². The molecule has 2 aliphatic rings. The molecule has 3 heterocycles. The molecule has 1 aromatic rings. The van der Waals surface area contributed by atoms with Gasteiger partial charge in [0.2, 0.25) is 0 Å². The zero-order valence-electron chi connectivity index (χ0n) is 13.4. The van der Waals surface area contributed by atoms with Crippen molar-refractivity contribution in [3.8, 4) is 0 Å². The average Bonchev–Trinajstić information content (AvgIpc) is 2.57. The van der Waals surface area contributed by atoms with Crippen molar-refractivity contribution in [2.45, 2.75) is 57.9 Å². The number of hydrogen-bond donors (Lipinski definition) is 0. The van der Waals surface area contributed by atoms with Gasteiger partial charge in [0, 0.05) is 25.3 Å². The summed E-state index contributed by atoms with van der Waals surface area (Å²) in [5.74, 6) is 1.18. The van der Waals surface area contributed by atoms with Gasteiger partial charge in [0.05, 0.1) is 0 Å². The molecule has 0 saturated carbocycles. The van der Waals surface area contributed by atoms with Crippen molar-refractivity contribution in [1.29, 1.82) is 0 Å². The fourth-order valence-electron chi connectivity index (χ4n) is 3.83. The van der Waals surface area contributed by atoms with Gasteiger partial charge in [-0.2, -0.15) is 0 Å². The Morgan fingerprint density at radius 2 is 1.86 bits per heavy atom. The summed E-state index contributed by atoms with van der Waals surface area (Å²) in [5, 5.41) is 0. The second-order valence-electron chi connectivity index (χ2n) is 6.54. The average molecular weight is 287 g/mol. The monoisotopic (exact) mass is 287 g/mol. The maximum Gasteiger partial charge on any atom is 0.128 e. The number of rotatable bonds is 4. The van der Waals surface area contributed by atoms with Crippen LogP contribution in [0.1, 0.15) is 63.5 Å². The first kappa shape index (κ1) is 14.8. The highest BCUT2D eigenvalue weighted by Crippen LogP contribution is 2.31. The van der Waals surface area contributed by atoms with Gasteiger partial charge < -0.3 is 4.90 Å². The smallest absolute Gasteiger partial charge is 0.128 e. The molecule has 1 atom stereocenters. The highest BCUT2D eigenvalue weighted by molar-refractivity contribution is 5.40. The van der Waals surface area contributed by atoms with Crippen LogP contribution >= 0.6 is 0 Å². The van der Waals surface area contributed by atoms with E-state index >= 15 is 0 Å². The largest absolute Gasteiger partial charge is 0.357 e. The molecule has 0 unspecified atom stereocenters. The van der Waals surface area contributed by atoms with E-state index in [4.69, 9.17) is 4.98 Å². The SMILES string of the molecule is CCCN1CCCC[C@H]1c1ccc(N2CCCCC2)nc1. The van der Waals surface area contributed by atoms with Crippen LogP contribution < -0.4 is 4.90 Å². The van der Waals surface area contributed by atoms with Gasteiger partial charge in [-0.3, -0.25) is 4.90 Å². The number of aromatic nitrogens is 1. The molecular weight excluding hydrogens is 258 g/mol. The molecule has 0 amide bonds. The molecule has 0 spiro atoms. The normalized spacial score (nSPS) is 24.2. The summed E-state index contributed by atoms with van der Waals surface area (Å²) in [6, 6.07) is 5.18. The summed E-state index contributed by atoms with van der Waals surface area (Å²) < 4.78 is 0. The molecule has 3 rings (SSSR count). The van der Waals surface area contributed by atoms with E-state index < -0.39 is 0 Å². The Bertz CT molecular complexity index is 421. The Morgan fingerprint density at radius 1 is 1.05 bits per heavy atom. The van der Waals surface area contributed by atoms with E-state index in [9.17, 15) is 0 Å². The topological polar surface area (TPSA) is 19.4 Å². The number of pyridine rings is 1. The van der Waals surface area contributed by atoms with Crippen LogP contribution in [0.15, 0.2) is 18.3 Å². The van der Waals surface area contributed by atoms with E-state index in [0.717, 1.165) is 0 Å². The number of anilines is 1. The van der Waals surface area contributed by atoms with E-state index in [0.29, 0.717) is 6.04 Å². The van der Waals surface area contributed by atoms with Crippen LogP contribution in [0.4, 0.5) is 5.82 Å². The number of likely N-dealkylation sites (tertiary alicyclic amines) is 1. The number of piperidine rings is 2. The van der Waals surface area contributed by atoms with Crippen molar-refractivity contribution < 1.29 is 0 Å². The Balaban J connectivity index is 1.70. The Labute approximate surface area is 129 Å². The van der Waals surface area contributed by atoms with Gasteiger partial charge in [-0.05, 0) is 63.2 Å². The van der Waals surface area contributed by atoms with Gasteiger partial charge in [-0.1, -0.05) is 19.4 Å². The van der Waals surface area contributed by atoms with Gasteiger partial charge >= 0.3 is 0 Å². The summed E-state index contributed by atoms with van der Waals surface area (Å²) in [6.45, 7) is 7.11. The minimum absolute atomic E-state index is 0.599. The van der Waals surface area contributed by atoms with Crippen molar-refractivity contribution in [3.05, 3.63) is 23.9 Å². The molecular formula is C18H29N3. The van der Waals surface area contributed by atoms with Crippen LogP contribution in [-0.2, 0) is 0 Å². The minimum Gasteiger partial charge on any atom is -0.357 e. The first-order valence-electron chi connectivity index (χ1n) is 8.83. The lowest BCUT2D eigenvalue weighted by Crippen LogP contribution is -2.34. The predicted molar refractivity (Wildman–Crippen MR) is 88.8 cm³/mol. The molecule has 2 aliphatic heterocycles. The lowest BCUT2D eigenvalue weighted by atomic mass is 9.96. The highest BCUT2D eigenvalue weighted by atomic mass is 15.2. The standard InChI is InChI=1S/C18H29N3/c1-2-11-20-12-7-4-8-17(20)16-9-10-18(19-15-16)21-13-5-3-6-14-21/h9-10,15,17H,2-8,11-14H2,1H3/t17-/m0/s1. The van der Waals surface area contributed by atoms with Gasteiger partial charge in [0.15, 0.2) is 0 Å². The quantitative estimate of drug-likeness (QED) is 0.834. The molecule has 0 radical (unpaired) electrons. The van der Waals surface area contributed by atoms with Crippen molar-refractivity contribution in [2.24, 2.45) is 0 Å². The van der Waals surface area contributed by atoms with Crippen molar-refractivity contribution >= 4 is 5.82 Å². The molecule has 2 fully saturated rings. The fourth-order valence-corrected chi connectivity index (χ4v) is 3.83. The van der Waals surface area contributed by atoms with Gasteiger partial charge in [0.25, 0.3) is 0 Å². The lowest BCUT2D eigenvalue weighted by molar-refractivity contribution is 0.149. The molecule has 21 heavy (non-hydrogen) atoms. The molecule has 0 aliphatic carbocycles. The third-order valence-corrected chi connectivity index (χ3v) is 4.96. The van der Waals surface area contributed by atoms with E-state index in [1.165, 1.54) is 82.5 Å². The van der Waals surface area contributed by atoms with Gasteiger partial charge in [-0.25, -0.2) is 4.98 Å². The van der Waals surface area contributed by atoms with Gasteiger partial charge in [-0.15, -0.1) is 0 Å². The summed E-state index contributed by atoms with van der Waals surface area (Å²) in [4.78, 5) is 9.87. The first-order valence-corrected chi connectivity index (χ1v) is 8.83. The second kappa shape index (κ2) is 7.26. The van der Waals surface area contributed by atoms with E-state index in [1.807, 2.05) is 0 Å². The van der Waals surface area contributed by atoms with Gasteiger partial charge in [0.1, 0.15) is 5.82 Å². The maximum atomic E-state index is 4.77. The molecule has 0 bridgehead atoms. The lowest BCUT2D eigenvalue weighted by Gasteiger charge is -2.36. The van der Waals surface area contributed by atoms with Crippen LogP contribution in [0.25, 0.3) is 0 Å². The summed E-state index contributed by atoms with van der Waals surface area (Å²) in [5.41, 5.74) is 1.42. The van der Waals surface area contributed by atoms with E-state index in [2.05, 4.69) is 35.1 Å². The fraction of sp³-hybridized carbons (Fsp3) is 0.722. The van der Waals surface area contributed by atoms with Crippen LogP contribution in [0.5, 0.6) is 0 Å². The summed E-state index contributed by atoms with van der Waals surface area (Å²) in [6.07, 6.45) is 11.4. The first-order chi connectivity index (χ1) is 10.4. The third-order valence-electron chi connectivity index (χ3n) is 4.96. The highest BCUT2D eigenvalue weighted by Gasteiger charge is 2.23. The molecule has 0 N–H and O–H groups in total. The zero-order chi connectivity index (χ0) is 14.5. The van der Waals surface area contributed by atoms with Crippen molar-refractivity contribution in [2.75, 3.05) is 31.1 Å². The zero-order valence-corrected chi connectivity index (χ0v) is 13.4. The Morgan fingerprint density at radius 3 is 2.57 bits per heavy atom. The molecule has 1 aromatic heterocycles. The molecule has 116 valence electrons.